The number of alkyl halides is 3. The van der Waals surface area contributed by atoms with Gasteiger partial charge in [-0.1, -0.05) is 30.3 Å². The van der Waals surface area contributed by atoms with Crippen LogP contribution in [-0.4, -0.2) is 41.9 Å². The van der Waals surface area contributed by atoms with Crippen LogP contribution in [0.5, 0.6) is 0 Å². The van der Waals surface area contributed by atoms with E-state index < -0.39 is 17.6 Å². The van der Waals surface area contributed by atoms with Gasteiger partial charge in [0.25, 0.3) is 5.91 Å². The summed E-state index contributed by atoms with van der Waals surface area (Å²) >= 11 is 0. The fraction of sp³-hybridized carbons (Fsp3) is 0.273. The van der Waals surface area contributed by atoms with Crippen molar-refractivity contribution in [1.82, 2.24) is 9.80 Å². The molecular formula is C22H21F3N4O. The number of anilines is 1. The van der Waals surface area contributed by atoms with E-state index in [0.29, 0.717) is 31.9 Å². The molecule has 1 N–H and O–H groups in total. The summed E-state index contributed by atoms with van der Waals surface area (Å²) in [6.07, 6.45) is -3.17. The number of piperazine rings is 1. The van der Waals surface area contributed by atoms with Gasteiger partial charge in [0.2, 0.25) is 0 Å². The average Bonchev–Trinajstić information content (AvgIpc) is 2.75. The smallest absolute Gasteiger partial charge is 0.360 e. The number of hydrogen-bond donors (Lipinski definition) is 1. The van der Waals surface area contributed by atoms with Crippen LogP contribution >= 0.6 is 0 Å². The van der Waals surface area contributed by atoms with E-state index in [1.165, 1.54) is 23.9 Å². The van der Waals surface area contributed by atoms with Gasteiger partial charge in [0.1, 0.15) is 11.6 Å². The van der Waals surface area contributed by atoms with Gasteiger partial charge in [-0.05, 0) is 29.8 Å². The van der Waals surface area contributed by atoms with E-state index in [-0.39, 0.29) is 5.57 Å². The Morgan fingerprint density at radius 1 is 1.03 bits per heavy atom. The summed E-state index contributed by atoms with van der Waals surface area (Å²) in [7, 11) is 0. The molecule has 5 nitrogen and oxygen atoms in total. The Morgan fingerprint density at radius 3 is 2.23 bits per heavy atom. The molecular weight excluding hydrogens is 393 g/mol. The molecule has 2 aromatic rings. The molecule has 1 aliphatic heterocycles. The van der Waals surface area contributed by atoms with Crippen LogP contribution in [0, 0.1) is 11.3 Å². The Bertz CT molecular complexity index is 926. The Morgan fingerprint density at radius 2 is 1.67 bits per heavy atom. The minimum atomic E-state index is -4.41. The third-order valence-corrected chi connectivity index (χ3v) is 4.85. The second kappa shape index (κ2) is 9.46. The summed E-state index contributed by atoms with van der Waals surface area (Å²) < 4.78 is 37.9. The van der Waals surface area contributed by atoms with Crippen LogP contribution in [0.15, 0.2) is 66.4 Å². The number of halogens is 3. The van der Waals surface area contributed by atoms with Crippen molar-refractivity contribution in [3.8, 4) is 6.07 Å². The Hall–Kier alpha value is -3.31. The molecule has 0 bridgehead atoms. The quantitative estimate of drug-likeness (QED) is 0.596. The largest absolute Gasteiger partial charge is 0.416 e. The van der Waals surface area contributed by atoms with Crippen LogP contribution in [0.2, 0.25) is 0 Å². The van der Waals surface area contributed by atoms with Gasteiger partial charge in [0, 0.05) is 44.6 Å². The maximum Gasteiger partial charge on any atom is 0.416 e. The zero-order valence-corrected chi connectivity index (χ0v) is 16.2. The zero-order chi connectivity index (χ0) is 21.6. The van der Waals surface area contributed by atoms with Crippen molar-refractivity contribution in [2.75, 3.05) is 31.5 Å². The lowest BCUT2D eigenvalue weighted by Gasteiger charge is -2.34. The summed E-state index contributed by atoms with van der Waals surface area (Å²) in [4.78, 5) is 16.5. The lowest BCUT2D eigenvalue weighted by molar-refractivity contribution is -0.137. The molecule has 1 amide bonds. The van der Waals surface area contributed by atoms with Crippen molar-refractivity contribution in [3.63, 3.8) is 0 Å². The first-order valence-electron chi connectivity index (χ1n) is 9.46. The minimum absolute atomic E-state index is 0.0913. The van der Waals surface area contributed by atoms with Gasteiger partial charge in [-0.25, -0.2) is 0 Å². The second-order valence-corrected chi connectivity index (χ2v) is 6.94. The highest BCUT2D eigenvalue weighted by molar-refractivity contribution is 5.97. The molecule has 8 heteroatoms. The predicted molar refractivity (Wildman–Crippen MR) is 107 cm³/mol. The van der Waals surface area contributed by atoms with Crippen molar-refractivity contribution in [2.45, 2.75) is 12.7 Å². The molecule has 0 spiro atoms. The molecule has 1 heterocycles. The Balaban J connectivity index is 1.55. The number of nitriles is 1. The van der Waals surface area contributed by atoms with Crippen molar-refractivity contribution in [2.24, 2.45) is 0 Å². The molecule has 3 rings (SSSR count). The second-order valence-electron chi connectivity index (χ2n) is 6.94. The van der Waals surface area contributed by atoms with E-state index in [2.05, 4.69) is 22.3 Å². The monoisotopic (exact) mass is 414 g/mol. The van der Waals surface area contributed by atoms with Crippen molar-refractivity contribution < 1.29 is 18.0 Å². The third kappa shape index (κ3) is 5.61. The molecule has 0 saturated carbocycles. The van der Waals surface area contributed by atoms with Gasteiger partial charge in [-0.2, -0.15) is 18.4 Å². The van der Waals surface area contributed by atoms with Crippen molar-refractivity contribution in [1.29, 1.82) is 5.26 Å². The number of carbonyl (C=O) groups is 1. The highest BCUT2D eigenvalue weighted by Crippen LogP contribution is 2.29. The van der Waals surface area contributed by atoms with Gasteiger partial charge in [-0.15, -0.1) is 0 Å². The lowest BCUT2D eigenvalue weighted by Crippen LogP contribution is -2.48. The van der Waals surface area contributed by atoms with Crippen LogP contribution in [-0.2, 0) is 17.5 Å². The molecule has 1 saturated heterocycles. The fourth-order valence-corrected chi connectivity index (χ4v) is 3.17. The first-order valence-corrected chi connectivity index (χ1v) is 9.46. The molecule has 2 aromatic carbocycles. The summed E-state index contributed by atoms with van der Waals surface area (Å²) in [6, 6.07) is 16.3. The highest BCUT2D eigenvalue weighted by Gasteiger charge is 2.30. The first-order chi connectivity index (χ1) is 14.4. The van der Waals surface area contributed by atoms with E-state index in [1.54, 1.807) is 4.90 Å². The van der Waals surface area contributed by atoms with Crippen LogP contribution in [0.1, 0.15) is 11.1 Å². The minimum Gasteiger partial charge on any atom is -0.360 e. The topological polar surface area (TPSA) is 59.4 Å². The SMILES string of the molecule is N#C/C(=C/Nc1ccc(C(F)(F)F)cc1)C(=O)N1CCN(Cc2ccccc2)CC1. The van der Waals surface area contributed by atoms with Crippen LogP contribution in [0.3, 0.4) is 0 Å². The van der Waals surface area contributed by atoms with Gasteiger partial charge in [0.05, 0.1) is 5.56 Å². The zero-order valence-electron chi connectivity index (χ0n) is 16.2. The summed E-state index contributed by atoms with van der Waals surface area (Å²) in [6.45, 7) is 3.21. The van der Waals surface area contributed by atoms with Crippen LogP contribution in [0.4, 0.5) is 18.9 Å². The number of amides is 1. The third-order valence-electron chi connectivity index (χ3n) is 4.85. The van der Waals surface area contributed by atoms with Crippen molar-refractivity contribution in [3.05, 3.63) is 77.5 Å². The molecule has 0 atom stereocenters. The maximum absolute atomic E-state index is 12.6. The van der Waals surface area contributed by atoms with E-state index in [4.69, 9.17) is 0 Å². The van der Waals surface area contributed by atoms with E-state index in [0.717, 1.165) is 18.7 Å². The molecule has 30 heavy (non-hydrogen) atoms. The highest BCUT2D eigenvalue weighted by atomic mass is 19.4. The van der Waals surface area contributed by atoms with Crippen molar-refractivity contribution >= 4 is 11.6 Å². The summed E-state index contributed by atoms with van der Waals surface area (Å²) in [5.41, 5.74) is 0.709. The number of hydrogen-bond acceptors (Lipinski definition) is 4. The lowest BCUT2D eigenvalue weighted by atomic mass is 10.2. The van der Waals surface area contributed by atoms with Gasteiger partial charge in [0.15, 0.2) is 0 Å². The molecule has 0 aliphatic carbocycles. The van der Waals surface area contributed by atoms with E-state index in [1.807, 2.05) is 24.3 Å². The maximum atomic E-state index is 12.6. The van der Waals surface area contributed by atoms with Gasteiger partial charge in [-0.3, -0.25) is 9.69 Å². The molecule has 0 radical (unpaired) electrons. The fourth-order valence-electron chi connectivity index (χ4n) is 3.17. The number of rotatable bonds is 5. The van der Waals surface area contributed by atoms with E-state index >= 15 is 0 Å². The Kier molecular flexibility index (Phi) is 6.75. The van der Waals surface area contributed by atoms with Gasteiger partial charge < -0.3 is 10.2 Å². The van der Waals surface area contributed by atoms with Gasteiger partial charge >= 0.3 is 6.18 Å². The first kappa shape index (κ1) is 21.4. The molecule has 0 aromatic heterocycles. The number of carbonyl (C=O) groups excluding carboxylic acids is 1. The predicted octanol–water partition coefficient (Wildman–Crippen LogP) is 3.87. The molecule has 0 unspecified atom stereocenters. The summed E-state index contributed by atoms with van der Waals surface area (Å²) in [5, 5.41) is 12.1. The summed E-state index contributed by atoms with van der Waals surface area (Å²) in [5.74, 6) is -0.392. The molecule has 1 aliphatic rings. The number of nitrogens with zero attached hydrogens (tertiary/aromatic N) is 3. The molecule has 156 valence electrons. The molecule has 1 fully saturated rings. The number of nitrogens with one attached hydrogen (secondary N) is 1. The van der Waals surface area contributed by atoms with Crippen LogP contribution in [0.25, 0.3) is 0 Å². The standard InChI is InChI=1S/C22H21F3N4O/c23-22(24,25)19-6-8-20(9-7-19)27-15-18(14-26)21(30)29-12-10-28(11-13-29)16-17-4-2-1-3-5-17/h1-9,15,27H,10-13,16H2/b18-15-. The number of benzene rings is 2. The normalized spacial score (nSPS) is 15.5. The van der Waals surface area contributed by atoms with E-state index in [9.17, 15) is 23.2 Å². The average molecular weight is 414 g/mol. The van der Waals surface area contributed by atoms with Crippen LogP contribution < -0.4 is 5.32 Å². The Labute approximate surface area is 173 Å².